The van der Waals surface area contributed by atoms with Crippen LogP contribution in [0, 0.1) is 17.0 Å². The zero-order valence-electron chi connectivity index (χ0n) is 19.7. The van der Waals surface area contributed by atoms with Crippen molar-refractivity contribution in [3.8, 4) is 0 Å². The van der Waals surface area contributed by atoms with Gasteiger partial charge in [0.15, 0.2) is 0 Å². The summed E-state index contributed by atoms with van der Waals surface area (Å²) in [6.07, 6.45) is -2.54. The van der Waals surface area contributed by atoms with Crippen molar-refractivity contribution in [1.29, 1.82) is 0 Å². The molecule has 0 bridgehead atoms. The lowest BCUT2D eigenvalue weighted by Gasteiger charge is -2.32. The van der Waals surface area contributed by atoms with Gasteiger partial charge in [-0.25, -0.2) is 4.39 Å². The van der Waals surface area contributed by atoms with E-state index in [-0.39, 0.29) is 22.5 Å². The van der Waals surface area contributed by atoms with Gasteiger partial charge in [-0.2, -0.15) is 8.78 Å². The van der Waals surface area contributed by atoms with Crippen LogP contribution in [-0.4, -0.2) is 37.2 Å². The largest absolute Gasteiger partial charge is 0.383 e. The van der Waals surface area contributed by atoms with Gasteiger partial charge in [0.25, 0.3) is 11.6 Å². The molecule has 186 valence electrons. The van der Waals surface area contributed by atoms with Gasteiger partial charge >= 0.3 is 6.11 Å². The Morgan fingerprint density at radius 2 is 1.76 bits per heavy atom. The van der Waals surface area contributed by atoms with E-state index in [4.69, 9.17) is 0 Å². The number of anilines is 2. The third-order valence-electron chi connectivity index (χ3n) is 5.26. The molecule has 10 heteroatoms. The predicted molar refractivity (Wildman–Crippen MR) is 125 cm³/mol. The number of nitro benzene ring substituents is 1. The predicted octanol–water partition coefficient (Wildman–Crippen LogP) is 6.21. The molecular formula is C24H30F3N3O4. The van der Waals surface area contributed by atoms with Crippen molar-refractivity contribution >= 4 is 23.0 Å². The maximum absolute atomic E-state index is 13.6. The normalized spacial score (nSPS) is 14.3. The van der Waals surface area contributed by atoms with Gasteiger partial charge in [-0.3, -0.25) is 14.9 Å². The Morgan fingerprint density at radius 3 is 2.26 bits per heavy atom. The Bertz CT molecular complexity index is 992. The molecule has 0 atom stereocenters. The first-order valence-corrected chi connectivity index (χ1v) is 11.1. The van der Waals surface area contributed by atoms with Crippen LogP contribution in [0.4, 0.5) is 30.2 Å². The number of alkyl halides is 3. The van der Waals surface area contributed by atoms with Gasteiger partial charge in [0.1, 0.15) is 6.17 Å². The molecule has 1 N–H and O–H groups in total. The average Bonchev–Trinajstić information content (AvgIpc) is 2.80. The number of ether oxygens (including phenoxy) is 1. The first-order chi connectivity index (χ1) is 16.0. The molecule has 2 aromatic carbocycles. The van der Waals surface area contributed by atoms with Crippen LogP contribution in [-0.2, 0) is 10.8 Å². The van der Waals surface area contributed by atoms with Gasteiger partial charge in [0.2, 0.25) is 0 Å². The molecule has 1 saturated heterocycles. The Kier molecular flexibility index (Phi) is 9.43. The molecule has 0 aliphatic carbocycles. The highest BCUT2D eigenvalue weighted by Crippen LogP contribution is 2.33. The highest BCUT2D eigenvalue weighted by Gasteiger charge is 2.31. The molecule has 0 radical (unpaired) electrons. The van der Waals surface area contributed by atoms with Gasteiger partial charge < -0.3 is 15.0 Å². The van der Waals surface area contributed by atoms with E-state index in [9.17, 15) is 28.1 Å². The van der Waals surface area contributed by atoms with Crippen LogP contribution in [0.15, 0.2) is 36.4 Å². The molecular weight excluding hydrogens is 451 g/mol. The summed E-state index contributed by atoms with van der Waals surface area (Å²) in [4.78, 5) is 25.6. The van der Waals surface area contributed by atoms with Crippen molar-refractivity contribution in [2.45, 2.75) is 52.3 Å². The maximum atomic E-state index is 13.6. The van der Waals surface area contributed by atoms with Crippen molar-refractivity contribution in [1.82, 2.24) is 0 Å². The van der Waals surface area contributed by atoms with Crippen LogP contribution in [0.5, 0.6) is 0 Å². The van der Waals surface area contributed by atoms with Crippen molar-refractivity contribution in [3.63, 3.8) is 0 Å². The number of carbonyl (C=O) groups is 1. The van der Waals surface area contributed by atoms with Crippen LogP contribution < -0.4 is 10.2 Å². The van der Waals surface area contributed by atoms with Gasteiger partial charge in [0, 0.05) is 37.5 Å². The van der Waals surface area contributed by atoms with Crippen LogP contribution in [0.25, 0.3) is 0 Å². The van der Waals surface area contributed by atoms with Gasteiger partial charge in [-0.15, -0.1) is 0 Å². The molecule has 1 amide bonds. The fourth-order valence-electron chi connectivity index (χ4n) is 3.47. The minimum Gasteiger partial charge on any atom is -0.371 e. The Morgan fingerprint density at radius 1 is 1.21 bits per heavy atom. The summed E-state index contributed by atoms with van der Waals surface area (Å²) in [5.41, 5.74) is 0.538. The lowest BCUT2D eigenvalue weighted by Crippen LogP contribution is -2.35. The summed E-state index contributed by atoms with van der Waals surface area (Å²) in [7, 11) is 0.882. The molecule has 0 saturated carbocycles. The second kappa shape index (κ2) is 11.8. The summed E-state index contributed by atoms with van der Waals surface area (Å²) in [5, 5.41) is 14.0. The molecule has 0 unspecified atom stereocenters. The van der Waals surface area contributed by atoms with E-state index in [2.05, 4.69) is 23.9 Å². The molecule has 3 rings (SSSR count). The lowest BCUT2D eigenvalue weighted by molar-refractivity contribution is -0.385. The van der Waals surface area contributed by atoms with E-state index in [0.717, 1.165) is 19.2 Å². The number of methoxy groups -OCH3 is 1. The van der Waals surface area contributed by atoms with E-state index in [1.807, 2.05) is 4.90 Å². The summed E-state index contributed by atoms with van der Waals surface area (Å²) >= 11 is 0. The minimum absolute atomic E-state index is 0.0564. The van der Waals surface area contributed by atoms with Crippen molar-refractivity contribution in [3.05, 3.63) is 63.2 Å². The zero-order valence-corrected chi connectivity index (χ0v) is 19.7. The topological polar surface area (TPSA) is 84.7 Å². The number of hydrogen-bond donors (Lipinski definition) is 1. The second-order valence-corrected chi connectivity index (χ2v) is 8.03. The van der Waals surface area contributed by atoms with E-state index < -0.39 is 23.1 Å². The number of hydrogen-bond acceptors (Lipinski definition) is 5. The summed E-state index contributed by atoms with van der Waals surface area (Å²) in [5.74, 6) is -0.633. The fraction of sp³-hybridized carbons (Fsp3) is 0.458. The maximum Gasteiger partial charge on any atom is 0.383 e. The smallest absolute Gasteiger partial charge is 0.371 e. The summed E-state index contributed by atoms with van der Waals surface area (Å²) < 4.78 is 44.9. The van der Waals surface area contributed by atoms with Gasteiger partial charge in [0.05, 0.1) is 21.7 Å². The fourth-order valence-corrected chi connectivity index (χ4v) is 3.47. The monoisotopic (exact) mass is 481 g/mol. The van der Waals surface area contributed by atoms with Crippen LogP contribution in [0.2, 0.25) is 0 Å². The number of nitrogens with one attached hydrogen (secondary N) is 1. The summed E-state index contributed by atoms with van der Waals surface area (Å²) in [6.45, 7) is 6.57. The zero-order chi connectivity index (χ0) is 25.5. The molecule has 1 heterocycles. The first-order valence-electron chi connectivity index (χ1n) is 11.1. The molecule has 0 aromatic heterocycles. The van der Waals surface area contributed by atoms with Crippen molar-refractivity contribution in [2.24, 2.45) is 0 Å². The SMILES string of the molecule is CCC.COC(F)(F)c1ccc(NC(=O)c2cc([N+](=O)[O-])c(C)cc2N2CCC(F)CC2)cc1. The molecule has 1 fully saturated rings. The van der Waals surface area contributed by atoms with Crippen LogP contribution in [0.3, 0.4) is 0 Å². The van der Waals surface area contributed by atoms with Gasteiger partial charge in [-0.1, -0.05) is 20.3 Å². The Labute approximate surface area is 197 Å². The van der Waals surface area contributed by atoms with E-state index in [1.165, 1.54) is 24.6 Å². The van der Waals surface area contributed by atoms with E-state index >= 15 is 0 Å². The van der Waals surface area contributed by atoms with Crippen molar-refractivity contribution in [2.75, 3.05) is 30.4 Å². The lowest BCUT2D eigenvalue weighted by atomic mass is 10.0. The second-order valence-electron chi connectivity index (χ2n) is 8.03. The molecule has 1 aliphatic rings. The standard InChI is InChI=1S/C21H22F3N3O4.C3H8/c1-13-11-19(26-9-7-15(22)8-10-26)17(12-18(13)27(29)30)20(28)25-16-5-3-14(4-6-16)21(23,24)31-2;1-3-2/h3-6,11-12,15H,7-10H2,1-2H3,(H,25,28);3H2,1-2H3. The molecule has 1 aliphatic heterocycles. The molecule has 34 heavy (non-hydrogen) atoms. The highest BCUT2D eigenvalue weighted by atomic mass is 19.3. The number of rotatable bonds is 6. The first kappa shape index (κ1) is 27.1. The van der Waals surface area contributed by atoms with E-state index in [0.29, 0.717) is 37.2 Å². The number of carbonyl (C=O) groups excluding carboxylic acids is 1. The van der Waals surface area contributed by atoms with Crippen LogP contribution in [0.1, 0.15) is 54.6 Å². The highest BCUT2D eigenvalue weighted by molar-refractivity contribution is 6.08. The number of halogens is 3. The number of benzene rings is 2. The third kappa shape index (κ3) is 6.69. The quantitative estimate of drug-likeness (QED) is 0.392. The van der Waals surface area contributed by atoms with Gasteiger partial charge in [-0.05, 0) is 50.1 Å². The number of piperidine rings is 1. The summed E-state index contributed by atoms with van der Waals surface area (Å²) in [6, 6.07) is 7.55. The Balaban J connectivity index is 0.00000129. The van der Waals surface area contributed by atoms with Crippen LogP contribution >= 0.6 is 0 Å². The molecule has 2 aromatic rings. The molecule has 7 nitrogen and oxygen atoms in total. The number of aryl methyl sites for hydroxylation is 1. The Hall–Kier alpha value is -3.14. The number of nitro groups is 1. The third-order valence-corrected chi connectivity index (χ3v) is 5.26. The number of amides is 1. The molecule has 0 spiro atoms. The van der Waals surface area contributed by atoms with E-state index in [1.54, 1.807) is 13.0 Å². The van der Waals surface area contributed by atoms with Crippen molar-refractivity contribution < 1.29 is 27.6 Å². The number of nitrogens with zero attached hydrogens (tertiary/aromatic N) is 2. The minimum atomic E-state index is -3.46. The average molecular weight is 482 g/mol.